The SMILES string of the molecule is CC[C@H](C)[C@@H]1NC(=O)[C@H](COCCC(C)C)N(C)C(=O)C[C@@H](C(=O)N2CCCCC2)N(C)C(=O)[C@H](C(C)C)N(C)C(=O)C2(CCCC2)NC(=O)[C@@H]2CCCN2C(=O)[C@H](CCC2CCC(C(F)(F)F)C(Cl)C2)NC(=O)CN(C)C(=O)[C@H](CC2CCCCC2)N(C)C(=O)[C@@H]2CCN2C(=O)[C@H](C)N(C)C1=O. The minimum atomic E-state index is -4.51. The van der Waals surface area contributed by atoms with Gasteiger partial charge in [0.2, 0.25) is 70.9 Å². The predicted octanol–water partition coefficient (Wildman–Crippen LogP) is 6.11. The summed E-state index contributed by atoms with van der Waals surface area (Å²) in [6, 6.07) is -11.2. The Labute approximate surface area is 613 Å². The number of fused-ring (bicyclic) bond motifs is 2. The molecular weight excluding hydrogens is 1360 g/mol. The Balaban J connectivity index is 1.28. The molecule has 582 valence electrons. The van der Waals surface area contributed by atoms with E-state index in [-0.39, 0.29) is 108 Å². The normalized spacial score (nSPS) is 30.4. The number of rotatable bonds is 14. The fourth-order valence-electron chi connectivity index (χ4n) is 16.5. The summed E-state index contributed by atoms with van der Waals surface area (Å²) < 4.78 is 48.2. The van der Waals surface area contributed by atoms with E-state index < -0.39 is 173 Å². The molecule has 0 aromatic rings. The molecule has 29 heteroatoms. The number of nitrogens with one attached hydrogen (secondary N) is 3. The van der Waals surface area contributed by atoms with Crippen molar-refractivity contribution in [1.82, 2.24) is 60.0 Å². The molecule has 3 aliphatic carbocycles. The van der Waals surface area contributed by atoms with Crippen LogP contribution in [0.5, 0.6) is 0 Å². The molecule has 7 rings (SSSR count). The quantitative estimate of drug-likeness (QED) is 0.131. The Morgan fingerprint density at radius 3 is 1.85 bits per heavy atom. The predicted molar refractivity (Wildman–Crippen MR) is 381 cm³/mol. The molecule has 13 atom stereocenters. The van der Waals surface area contributed by atoms with E-state index >= 15 is 38.4 Å². The van der Waals surface area contributed by atoms with Gasteiger partial charge in [-0.05, 0) is 133 Å². The van der Waals surface area contributed by atoms with Gasteiger partial charge in [0, 0.05) is 80.4 Å². The minimum absolute atomic E-state index is 0.00244. The average molecular weight is 1480 g/mol. The molecule has 4 heterocycles. The average Bonchev–Trinajstić information content (AvgIpc) is 1.77. The molecular formula is C74H120ClF3N12O13. The fraction of sp³-hybridized carbons (Fsp3) is 0.838. The number of piperidine rings is 1. The summed E-state index contributed by atoms with van der Waals surface area (Å²) in [5, 5.41) is 7.57. The number of likely N-dealkylation sites (tertiary alicyclic amines) is 1. The van der Waals surface area contributed by atoms with Crippen molar-refractivity contribution in [2.45, 2.75) is 274 Å². The van der Waals surface area contributed by atoms with Crippen LogP contribution in [-0.4, -0.2) is 275 Å². The summed E-state index contributed by atoms with van der Waals surface area (Å²) in [6.07, 6.45) is 4.83. The van der Waals surface area contributed by atoms with Gasteiger partial charge in [-0.2, -0.15) is 13.2 Å². The number of hydrogen-bond donors (Lipinski definition) is 3. The minimum Gasteiger partial charge on any atom is -0.379 e. The van der Waals surface area contributed by atoms with Crippen LogP contribution in [0.25, 0.3) is 0 Å². The molecule has 12 amide bonds. The van der Waals surface area contributed by atoms with Crippen molar-refractivity contribution in [3.05, 3.63) is 0 Å². The fourth-order valence-corrected chi connectivity index (χ4v) is 17.0. The van der Waals surface area contributed by atoms with Crippen molar-refractivity contribution < 1.29 is 75.4 Å². The Hall–Kier alpha value is -6.32. The smallest absolute Gasteiger partial charge is 0.379 e. The van der Waals surface area contributed by atoms with E-state index in [0.717, 1.165) is 43.4 Å². The monoisotopic (exact) mass is 1480 g/mol. The van der Waals surface area contributed by atoms with Crippen LogP contribution in [0.15, 0.2) is 0 Å². The van der Waals surface area contributed by atoms with Gasteiger partial charge < -0.3 is 64.8 Å². The van der Waals surface area contributed by atoms with Crippen LogP contribution in [0.3, 0.4) is 0 Å². The van der Waals surface area contributed by atoms with Crippen molar-refractivity contribution in [3.63, 3.8) is 0 Å². The molecule has 7 fully saturated rings. The molecule has 0 bridgehead atoms. The van der Waals surface area contributed by atoms with Gasteiger partial charge in [-0.15, -0.1) is 11.6 Å². The zero-order valence-electron chi connectivity index (χ0n) is 63.5. The lowest BCUT2D eigenvalue weighted by Gasteiger charge is -2.45. The number of carbonyl (C=O) groups is 12. The molecule has 25 nitrogen and oxygen atoms in total. The number of amides is 12. The molecule has 3 N–H and O–H groups in total. The standard InChI is InChI=1S/C74H120ClF3N12O13/c1-14-47(6)61-70(100)83(9)48(7)65(95)90-38-31-55(90)68(98)85(11)56(41-49-24-17-15-18-25-49)67(97)82(8)43-59(91)79-53(30-28-50-27-29-51(52(75)40-50)74(76,77)78)66(96)89-37-23-26-54(89)64(94)81-73(33-19-20-34-73)72(102)87(13)62(46(4)5)71(101)86(12)57(69(99)88-35-21-16-22-36-88)42-60(92)84(10)58(63(93)80-61)44-103-39-32-45(2)3/h45-58,61-62H,14-44H2,1-13H3,(H,79,91)(H,80,93)(H,81,94)/t47-,48-,50?,51?,52?,53-,54-,55-,56-,57-,58-,61-,62-/m0/s1. The van der Waals surface area contributed by atoms with Gasteiger partial charge in [0.1, 0.15) is 59.9 Å². The van der Waals surface area contributed by atoms with Crippen LogP contribution in [-0.2, 0) is 62.3 Å². The Bertz CT molecular complexity index is 3000. The molecule has 0 aromatic heterocycles. The highest BCUT2D eigenvalue weighted by Gasteiger charge is 2.52. The van der Waals surface area contributed by atoms with Gasteiger partial charge in [0.15, 0.2) is 0 Å². The zero-order chi connectivity index (χ0) is 76.1. The largest absolute Gasteiger partial charge is 0.393 e. The number of ether oxygens (including phenoxy) is 1. The maximum Gasteiger partial charge on any atom is 0.393 e. The van der Waals surface area contributed by atoms with Crippen molar-refractivity contribution in [2.75, 3.05) is 88.2 Å². The van der Waals surface area contributed by atoms with Gasteiger partial charge in [-0.25, -0.2) is 0 Å². The number of likely N-dealkylation sites (N-methyl/N-ethyl adjacent to an activating group) is 6. The second-order valence-corrected chi connectivity index (χ2v) is 32.2. The highest BCUT2D eigenvalue weighted by molar-refractivity contribution is 6.21. The summed E-state index contributed by atoms with van der Waals surface area (Å²) in [7, 11) is 8.58. The maximum absolute atomic E-state index is 15.5. The number of halogens is 4. The van der Waals surface area contributed by atoms with Gasteiger partial charge in [0.25, 0.3) is 0 Å². The van der Waals surface area contributed by atoms with E-state index in [1.807, 2.05) is 20.8 Å². The Morgan fingerprint density at radius 2 is 1.26 bits per heavy atom. The molecule has 3 unspecified atom stereocenters. The van der Waals surface area contributed by atoms with E-state index in [0.29, 0.717) is 58.0 Å². The Morgan fingerprint density at radius 1 is 0.621 bits per heavy atom. The van der Waals surface area contributed by atoms with Crippen LogP contribution >= 0.6 is 11.6 Å². The maximum atomic E-state index is 15.5. The summed E-state index contributed by atoms with van der Waals surface area (Å²) in [6.45, 7) is 12.8. The van der Waals surface area contributed by atoms with E-state index in [1.54, 1.807) is 25.7 Å². The first-order chi connectivity index (χ1) is 48.5. The van der Waals surface area contributed by atoms with E-state index in [4.69, 9.17) is 16.3 Å². The van der Waals surface area contributed by atoms with E-state index in [9.17, 15) is 32.3 Å². The number of alkyl halides is 4. The lowest BCUT2D eigenvalue weighted by Crippen LogP contribution is -2.65. The van der Waals surface area contributed by atoms with Crippen molar-refractivity contribution in [3.8, 4) is 0 Å². The summed E-state index contributed by atoms with van der Waals surface area (Å²) >= 11 is 6.41. The van der Waals surface area contributed by atoms with Gasteiger partial charge in [-0.3, -0.25) is 57.5 Å². The van der Waals surface area contributed by atoms with Crippen LogP contribution < -0.4 is 16.0 Å². The molecule has 0 aromatic carbocycles. The molecule has 0 radical (unpaired) electrons. The van der Waals surface area contributed by atoms with Gasteiger partial charge in [0.05, 0.1) is 25.5 Å². The number of hydrogen-bond acceptors (Lipinski definition) is 13. The second kappa shape index (κ2) is 37.3. The molecule has 3 saturated carbocycles. The van der Waals surface area contributed by atoms with Crippen molar-refractivity contribution in [1.29, 1.82) is 0 Å². The second-order valence-electron chi connectivity index (χ2n) is 31.7. The molecule has 4 saturated heterocycles. The number of nitrogens with zero attached hydrogens (tertiary/aromatic N) is 9. The summed E-state index contributed by atoms with van der Waals surface area (Å²) in [5.74, 6) is -10.7. The lowest BCUT2D eigenvalue weighted by atomic mass is 9.78. The highest BCUT2D eigenvalue weighted by atomic mass is 35.5. The van der Waals surface area contributed by atoms with Crippen LogP contribution in [0, 0.1) is 35.5 Å². The Kier molecular flexibility index (Phi) is 30.4. The first-order valence-electron chi connectivity index (χ1n) is 38.2. The summed E-state index contributed by atoms with van der Waals surface area (Å²) in [4.78, 5) is 192. The third kappa shape index (κ3) is 20.6. The molecule has 4 aliphatic heterocycles. The number of carbonyl (C=O) groups excluding carboxylic acids is 12. The zero-order valence-corrected chi connectivity index (χ0v) is 64.3. The molecule has 1 spiro atoms. The van der Waals surface area contributed by atoms with Gasteiger partial charge in [-0.1, -0.05) is 92.9 Å². The van der Waals surface area contributed by atoms with Crippen LogP contribution in [0.2, 0.25) is 0 Å². The van der Waals surface area contributed by atoms with Crippen LogP contribution in [0.4, 0.5) is 13.2 Å². The van der Waals surface area contributed by atoms with Gasteiger partial charge >= 0.3 is 6.18 Å². The van der Waals surface area contributed by atoms with E-state index in [1.165, 1.54) is 83.5 Å². The highest BCUT2D eigenvalue weighted by Crippen LogP contribution is 2.44. The summed E-state index contributed by atoms with van der Waals surface area (Å²) in [5.41, 5.74) is -1.58. The molecule has 103 heavy (non-hydrogen) atoms. The third-order valence-corrected chi connectivity index (χ3v) is 24.2. The third-order valence-electron chi connectivity index (χ3n) is 23.7. The first-order valence-corrected chi connectivity index (χ1v) is 38.7. The van der Waals surface area contributed by atoms with Crippen molar-refractivity contribution >= 4 is 82.5 Å². The van der Waals surface area contributed by atoms with E-state index in [2.05, 4.69) is 16.0 Å². The molecule has 7 aliphatic rings. The topological polar surface area (TPSA) is 279 Å². The van der Waals surface area contributed by atoms with Crippen LogP contribution in [0.1, 0.15) is 203 Å². The first kappa shape index (κ1) is 83.9. The van der Waals surface area contributed by atoms with Crippen molar-refractivity contribution in [2.24, 2.45) is 35.5 Å². The lowest BCUT2D eigenvalue weighted by molar-refractivity contribution is -0.182.